The Kier molecular flexibility index (Phi) is 2.51. The molecule has 0 radical (unpaired) electrons. The van der Waals surface area contributed by atoms with Gasteiger partial charge in [-0.15, -0.1) is 0 Å². The highest BCUT2D eigenvalue weighted by Gasteiger charge is 2.29. The molecule has 0 aromatic heterocycles. The van der Waals surface area contributed by atoms with Crippen molar-refractivity contribution in [1.82, 2.24) is 10.0 Å². The first-order valence-electron chi connectivity index (χ1n) is 5.00. The zero-order chi connectivity index (χ0) is 9.26. The highest BCUT2D eigenvalue weighted by molar-refractivity contribution is 5.77. The summed E-state index contributed by atoms with van der Waals surface area (Å²) in [6.07, 6.45) is 3.25. The summed E-state index contributed by atoms with van der Waals surface area (Å²) in [5.41, 5.74) is 0. The Morgan fingerprint density at radius 2 is 2.15 bits per heavy atom. The molecule has 2 fully saturated rings. The molecule has 2 saturated heterocycles. The number of β-amino-alcohol motifs (C(OH)–C–C–N with tert-alkyl or cyclic N) is 1. The maximum atomic E-state index is 11.4. The van der Waals surface area contributed by atoms with Crippen LogP contribution in [0.5, 0.6) is 0 Å². The molecule has 1 unspecified atom stereocenters. The zero-order valence-corrected chi connectivity index (χ0v) is 7.78. The number of nitrogens with zero attached hydrogens (tertiary/aromatic N) is 2. The van der Waals surface area contributed by atoms with Gasteiger partial charge in [-0.2, -0.15) is 0 Å². The lowest BCUT2D eigenvalue weighted by atomic mass is 10.1. The van der Waals surface area contributed by atoms with Crippen molar-refractivity contribution in [3.63, 3.8) is 0 Å². The molecule has 4 nitrogen and oxygen atoms in total. The van der Waals surface area contributed by atoms with Crippen LogP contribution in [0.2, 0.25) is 0 Å². The number of hydrogen-bond donors (Lipinski definition) is 1. The molecule has 1 N–H and O–H groups in total. The standard InChI is InChI=1S/C9H16N2O2/c12-8-3-1-5-10(7-8)11-6-2-4-9(11)13/h8,12H,1-7H2. The van der Waals surface area contributed by atoms with E-state index in [2.05, 4.69) is 0 Å². The zero-order valence-electron chi connectivity index (χ0n) is 7.78. The van der Waals surface area contributed by atoms with E-state index in [1.807, 2.05) is 10.0 Å². The summed E-state index contributed by atoms with van der Waals surface area (Å²) in [7, 11) is 0. The van der Waals surface area contributed by atoms with Gasteiger partial charge in [-0.1, -0.05) is 0 Å². The van der Waals surface area contributed by atoms with E-state index in [0.717, 1.165) is 32.4 Å². The molecule has 2 aliphatic heterocycles. The average Bonchev–Trinajstić information content (AvgIpc) is 2.51. The quantitative estimate of drug-likeness (QED) is 0.623. The average molecular weight is 184 g/mol. The molecule has 4 heteroatoms. The molecule has 0 saturated carbocycles. The minimum Gasteiger partial charge on any atom is -0.392 e. The van der Waals surface area contributed by atoms with Crippen LogP contribution in [0.25, 0.3) is 0 Å². The van der Waals surface area contributed by atoms with E-state index in [9.17, 15) is 9.90 Å². The second-order valence-corrected chi connectivity index (χ2v) is 3.83. The minimum absolute atomic E-state index is 0.217. The fraction of sp³-hybridized carbons (Fsp3) is 0.889. The lowest BCUT2D eigenvalue weighted by molar-refractivity contribution is -0.148. The fourth-order valence-electron chi connectivity index (χ4n) is 2.09. The van der Waals surface area contributed by atoms with Crippen molar-refractivity contribution < 1.29 is 9.90 Å². The molecule has 1 amide bonds. The van der Waals surface area contributed by atoms with E-state index < -0.39 is 0 Å². The highest BCUT2D eigenvalue weighted by atomic mass is 16.3. The van der Waals surface area contributed by atoms with Crippen LogP contribution in [-0.2, 0) is 4.79 Å². The molecule has 0 spiro atoms. The Morgan fingerprint density at radius 3 is 2.77 bits per heavy atom. The second kappa shape index (κ2) is 3.64. The largest absolute Gasteiger partial charge is 0.392 e. The summed E-state index contributed by atoms with van der Waals surface area (Å²) in [5.74, 6) is 0.217. The number of carbonyl (C=O) groups is 1. The minimum atomic E-state index is -0.248. The van der Waals surface area contributed by atoms with Crippen LogP contribution in [0.4, 0.5) is 0 Å². The van der Waals surface area contributed by atoms with E-state index in [4.69, 9.17) is 0 Å². The van der Waals surface area contributed by atoms with Crippen LogP contribution < -0.4 is 0 Å². The SMILES string of the molecule is O=C1CCCN1N1CCCC(O)C1. The van der Waals surface area contributed by atoms with Crippen LogP contribution >= 0.6 is 0 Å². The van der Waals surface area contributed by atoms with Crippen molar-refractivity contribution in [2.24, 2.45) is 0 Å². The van der Waals surface area contributed by atoms with Gasteiger partial charge in [0.25, 0.3) is 0 Å². The summed E-state index contributed by atoms with van der Waals surface area (Å²) in [6.45, 7) is 2.39. The van der Waals surface area contributed by atoms with Crippen molar-refractivity contribution in [2.75, 3.05) is 19.6 Å². The predicted octanol–water partition coefficient (Wildman–Crippen LogP) is -0.0195. The van der Waals surface area contributed by atoms with Gasteiger partial charge < -0.3 is 5.11 Å². The maximum Gasteiger partial charge on any atom is 0.236 e. The third-order valence-corrected chi connectivity index (χ3v) is 2.76. The van der Waals surface area contributed by atoms with Crippen molar-refractivity contribution in [2.45, 2.75) is 31.8 Å². The van der Waals surface area contributed by atoms with Gasteiger partial charge in [-0.25, -0.2) is 5.01 Å². The van der Waals surface area contributed by atoms with E-state index in [1.165, 1.54) is 0 Å². The van der Waals surface area contributed by atoms with Crippen molar-refractivity contribution >= 4 is 5.91 Å². The van der Waals surface area contributed by atoms with Gasteiger partial charge in [0, 0.05) is 26.1 Å². The number of rotatable bonds is 1. The maximum absolute atomic E-state index is 11.4. The van der Waals surface area contributed by atoms with Crippen molar-refractivity contribution in [1.29, 1.82) is 0 Å². The van der Waals surface area contributed by atoms with Gasteiger partial charge in [0.15, 0.2) is 0 Å². The lowest BCUT2D eigenvalue weighted by Gasteiger charge is -2.36. The molecule has 0 aromatic carbocycles. The Labute approximate surface area is 78.1 Å². The number of aliphatic hydroxyl groups is 1. The molecule has 2 heterocycles. The smallest absolute Gasteiger partial charge is 0.236 e. The number of carbonyl (C=O) groups excluding carboxylic acids is 1. The van der Waals surface area contributed by atoms with Gasteiger partial charge in [-0.05, 0) is 19.3 Å². The van der Waals surface area contributed by atoms with Crippen LogP contribution in [0.3, 0.4) is 0 Å². The van der Waals surface area contributed by atoms with E-state index in [0.29, 0.717) is 13.0 Å². The van der Waals surface area contributed by atoms with Crippen LogP contribution in [-0.4, -0.2) is 46.8 Å². The molecule has 2 aliphatic rings. The molecule has 74 valence electrons. The molecule has 2 rings (SSSR count). The molecular formula is C9H16N2O2. The molecule has 13 heavy (non-hydrogen) atoms. The number of hydrogen-bond acceptors (Lipinski definition) is 3. The first kappa shape index (κ1) is 8.97. The normalized spacial score (nSPS) is 31.3. The Bertz CT molecular complexity index is 208. The third-order valence-electron chi connectivity index (χ3n) is 2.76. The first-order chi connectivity index (χ1) is 6.27. The van der Waals surface area contributed by atoms with Gasteiger partial charge in [0.1, 0.15) is 0 Å². The molecule has 0 aliphatic carbocycles. The van der Waals surface area contributed by atoms with Crippen LogP contribution in [0.15, 0.2) is 0 Å². The second-order valence-electron chi connectivity index (χ2n) is 3.83. The van der Waals surface area contributed by atoms with E-state index in [-0.39, 0.29) is 12.0 Å². The topological polar surface area (TPSA) is 43.8 Å². The predicted molar refractivity (Wildman–Crippen MR) is 47.8 cm³/mol. The molecule has 0 bridgehead atoms. The highest BCUT2D eigenvalue weighted by Crippen LogP contribution is 2.18. The summed E-state index contributed by atoms with van der Waals surface area (Å²) in [6, 6.07) is 0. The fourth-order valence-corrected chi connectivity index (χ4v) is 2.09. The van der Waals surface area contributed by atoms with E-state index >= 15 is 0 Å². The number of piperidine rings is 1. The Balaban J connectivity index is 1.95. The summed E-state index contributed by atoms with van der Waals surface area (Å²) in [4.78, 5) is 11.4. The number of amides is 1. The third kappa shape index (κ3) is 1.84. The monoisotopic (exact) mass is 184 g/mol. The molecular weight excluding hydrogens is 168 g/mol. The summed E-state index contributed by atoms with van der Waals surface area (Å²) < 4.78 is 0. The van der Waals surface area contributed by atoms with Crippen molar-refractivity contribution in [3.05, 3.63) is 0 Å². The molecule has 0 aromatic rings. The van der Waals surface area contributed by atoms with E-state index in [1.54, 1.807) is 0 Å². The first-order valence-corrected chi connectivity index (χ1v) is 5.00. The van der Waals surface area contributed by atoms with Gasteiger partial charge in [0.2, 0.25) is 5.91 Å². The molecule has 1 atom stereocenters. The summed E-state index contributed by atoms with van der Waals surface area (Å²) >= 11 is 0. The van der Waals surface area contributed by atoms with Crippen molar-refractivity contribution in [3.8, 4) is 0 Å². The van der Waals surface area contributed by atoms with Gasteiger partial charge >= 0.3 is 0 Å². The van der Waals surface area contributed by atoms with Crippen LogP contribution in [0, 0.1) is 0 Å². The Morgan fingerprint density at radius 1 is 1.31 bits per heavy atom. The summed E-state index contributed by atoms with van der Waals surface area (Å²) in [5, 5.41) is 13.3. The van der Waals surface area contributed by atoms with Crippen LogP contribution in [0.1, 0.15) is 25.7 Å². The Hall–Kier alpha value is -0.610. The lowest BCUT2D eigenvalue weighted by Crippen LogP contribution is -2.49. The number of aliphatic hydroxyl groups excluding tert-OH is 1. The van der Waals surface area contributed by atoms with Gasteiger partial charge in [-0.3, -0.25) is 9.80 Å². The number of hydrazine groups is 1. The van der Waals surface area contributed by atoms with Gasteiger partial charge in [0.05, 0.1) is 6.10 Å².